The largest absolute Gasteiger partial charge is 0.435 e. The summed E-state index contributed by atoms with van der Waals surface area (Å²) >= 11 is 0. The van der Waals surface area contributed by atoms with Crippen molar-refractivity contribution in [2.75, 3.05) is 0 Å². The third-order valence-electron chi connectivity index (χ3n) is 2.27. The van der Waals surface area contributed by atoms with Gasteiger partial charge in [0, 0.05) is 0 Å². The Morgan fingerprint density at radius 1 is 1.13 bits per heavy atom. The van der Waals surface area contributed by atoms with Crippen LogP contribution in [0.1, 0.15) is 5.56 Å². The van der Waals surface area contributed by atoms with Crippen LogP contribution in [0.5, 0.6) is 5.75 Å². The first-order valence-corrected chi connectivity index (χ1v) is 4.61. The van der Waals surface area contributed by atoms with Crippen LogP contribution in [-0.2, 0) is 0 Å². The van der Waals surface area contributed by atoms with E-state index in [1.165, 1.54) is 0 Å². The molecule has 0 aliphatic carbocycles. The standard InChI is InChI=1S/C12H10F2O/c1-8-6-10(15-12(13)14)7-9-4-2-3-5-11(8)9/h2-7,12H,1H3. The SMILES string of the molecule is Cc1cc(OC(F)F)cc2ccccc12. The van der Waals surface area contributed by atoms with E-state index in [1.54, 1.807) is 12.1 Å². The summed E-state index contributed by atoms with van der Waals surface area (Å²) in [5.41, 5.74) is 0.934. The second kappa shape index (κ2) is 3.85. The second-order valence-electron chi connectivity index (χ2n) is 3.34. The summed E-state index contributed by atoms with van der Waals surface area (Å²) in [7, 11) is 0. The van der Waals surface area contributed by atoms with E-state index in [1.807, 2.05) is 31.2 Å². The molecular formula is C12H10F2O. The molecule has 0 bridgehead atoms. The predicted octanol–water partition coefficient (Wildman–Crippen LogP) is 3.75. The molecule has 3 heteroatoms. The Bertz CT molecular complexity index is 480. The third-order valence-corrected chi connectivity index (χ3v) is 2.27. The van der Waals surface area contributed by atoms with Gasteiger partial charge in [0.15, 0.2) is 0 Å². The Kier molecular flexibility index (Phi) is 2.54. The molecule has 2 aromatic carbocycles. The highest BCUT2D eigenvalue weighted by Gasteiger charge is 2.06. The van der Waals surface area contributed by atoms with E-state index in [2.05, 4.69) is 4.74 Å². The van der Waals surface area contributed by atoms with E-state index in [0.717, 1.165) is 16.3 Å². The van der Waals surface area contributed by atoms with Crippen LogP contribution in [0, 0.1) is 6.92 Å². The molecule has 1 nitrogen and oxygen atoms in total. The molecule has 0 saturated carbocycles. The average Bonchev–Trinajstić information content (AvgIpc) is 2.16. The zero-order chi connectivity index (χ0) is 10.8. The molecule has 0 spiro atoms. The summed E-state index contributed by atoms with van der Waals surface area (Å²) < 4.78 is 28.4. The van der Waals surface area contributed by atoms with Crippen LogP contribution in [0.2, 0.25) is 0 Å². The molecule has 0 N–H and O–H groups in total. The summed E-state index contributed by atoms with van der Waals surface area (Å²) in [5, 5.41) is 1.97. The highest BCUT2D eigenvalue weighted by molar-refractivity contribution is 5.86. The minimum Gasteiger partial charge on any atom is -0.435 e. The maximum absolute atomic E-state index is 12.0. The molecule has 0 atom stereocenters. The van der Waals surface area contributed by atoms with Crippen LogP contribution in [-0.4, -0.2) is 6.61 Å². The molecule has 0 aliphatic rings. The molecule has 15 heavy (non-hydrogen) atoms. The van der Waals surface area contributed by atoms with Gasteiger partial charge >= 0.3 is 6.61 Å². The van der Waals surface area contributed by atoms with E-state index in [9.17, 15) is 8.78 Å². The van der Waals surface area contributed by atoms with Crippen molar-refractivity contribution in [2.24, 2.45) is 0 Å². The van der Waals surface area contributed by atoms with Crippen molar-refractivity contribution < 1.29 is 13.5 Å². The molecular weight excluding hydrogens is 198 g/mol. The normalized spacial score (nSPS) is 10.9. The topological polar surface area (TPSA) is 9.23 Å². The van der Waals surface area contributed by atoms with Gasteiger partial charge in [0.25, 0.3) is 0 Å². The maximum Gasteiger partial charge on any atom is 0.387 e. The van der Waals surface area contributed by atoms with Gasteiger partial charge in [0.05, 0.1) is 0 Å². The minimum atomic E-state index is -2.77. The lowest BCUT2D eigenvalue weighted by Crippen LogP contribution is -2.01. The fourth-order valence-corrected chi connectivity index (χ4v) is 1.64. The monoisotopic (exact) mass is 208 g/mol. The Hall–Kier alpha value is -1.64. The van der Waals surface area contributed by atoms with E-state index in [4.69, 9.17) is 0 Å². The zero-order valence-corrected chi connectivity index (χ0v) is 8.21. The molecule has 0 radical (unpaired) electrons. The molecule has 2 aromatic rings. The number of benzene rings is 2. The molecule has 0 heterocycles. The number of fused-ring (bicyclic) bond motifs is 1. The lowest BCUT2D eigenvalue weighted by Gasteiger charge is -2.08. The Morgan fingerprint density at radius 2 is 1.87 bits per heavy atom. The molecule has 0 aliphatic heterocycles. The number of hydrogen-bond donors (Lipinski definition) is 0. The Labute approximate surface area is 86.3 Å². The summed E-state index contributed by atoms with van der Waals surface area (Å²) in [6.45, 7) is -0.897. The first kappa shape index (κ1) is 9.90. The van der Waals surface area contributed by atoms with Gasteiger partial charge in [-0.15, -0.1) is 0 Å². The Morgan fingerprint density at radius 3 is 2.60 bits per heavy atom. The van der Waals surface area contributed by atoms with Gasteiger partial charge in [0.1, 0.15) is 5.75 Å². The lowest BCUT2D eigenvalue weighted by molar-refractivity contribution is -0.0497. The Balaban J connectivity index is 2.52. The molecule has 78 valence electrons. The number of alkyl halides is 2. The molecule has 0 saturated heterocycles. The van der Waals surface area contributed by atoms with Gasteiger partial charge in [-0.25, -0.2) is 0 Å². The van der Waals surface area contributed by atoms with Gasteiger partial charge < -0.3 is 4.74 Å². The number of halogens is 2. The van der Waals surface area contributed by atoms with E-state index < -0.39 is 6.61 Å². The highest BCUT2D eigenvalue weighted by atomic mass is 19.3. The fraction of sp³-hybridized carbons (Fsp3) is 0.167. The van der Waals surface area contributed by atoms with E-state index >= 15 is 0 Å². The van der Waals surface area contributed by atoms with Crippen molar-refractivity contribution >= 4 is 10.8 Å². The molecule has 0 unspecified atom stereocenters. The molecule has 0 fully saturated rings. The first-order valence-electron chi connectivity index (χ1n) is 4.61. The number of ether oxygens (including phenoxy) is 1. The maximum atomic E-state index is 12.0. The predicted molar refractivity (Wildman–Crippen MR) is 55.3 cm³/mol. The number of aryl methyl sites for hydroxylation is 1. The number of rotatable bonds is 2. The summed E-state index contributed by atoms with van der Waals surface area (Å²) in [6.07, 6.45) is 0. The van der Waals surface area contributed by atoms with Crippen molar-refractivity contribution in [1.82, 2.24) is 0 Å². The zero-order valence-electron chi connectivity index (χ0n) is 8.21. The lowest BCUT2D eigenvalue weighted by atomic mass is 10.1. The average molecular weight is 208 g/mol. The third kappa shape index (κ3) is 2.06. The minimum absolute atomic E-state index is 0.209. The fourth-order valence-electron chi connectivity index (χ4n) is 1.64. The summed E-state index contributed by atoms with van der Waals surface area (Å²) in [6, 6.07) is 10.9. The van der Waals surface area contributed by atoms with Gasteiger partial charge in [-0.05, 0) is 35.4 Å². The first-order chi connectivity index (χ1) is 7.16. The van der Waals surface area contributed by atoms with Crippen LogP contribution < -0.4 is 4.74 Å². The second-order valence-corrected chi connectivity index (χ2v) is 3.34. The van der Waals surface area contributed by atoms with Gasteiger partial charge in [-0.1, -0.05) is 24.3 Å². The number of hydrogen-bond acceptors (Lipinski definition) is 1. The van der Waals surface area contributed by atoms with Crippen molar-refractivity contribution in [3.8, 4) is 5.75 Å². The van der Waals surface area contributed by atoms with Crippen LogP contribution in [0.4, 0.5) is 8.78 Å². The van der Waals surface area contributed by atoms with Crippen molar-refractivity contribution in [1.29, 1.82) is 0 Å². The summed E-state index contributed by atoms with van der Waals surface area (Å²) in [4.78, 5) is 0. The van der Waals surface area contributed by atoms with Gasteiger partial charge in [-0.2, -0.15) is 8.78 Å². The van der Waals surface area contributed by atoms with Crippen molar-refractivity contribution in [3.05, 3.63) is 42.0 Å². The summed E-state index contributed by atoms with van der Waals surface area (Å²) in [5.74, 6) is 0.209. The highest BCUT2D eigenvalue weighted by Crippen LogP contribution is 2.25. The van der Waals surface area contributed by atoms with Crippen LogP contribution >= 0.6 is 0 Å². The quantitative estimate of drug-likeness (QED) is 0.730. The van der Waals surface area contributed by atoms with Crippen molar-refractivity contribution in [2.45, 2.75) is 13.5 Å². The van der Waals surface area contributed by atoms with Gasteiger partial charge in [-0.3, -0.25) is 0 Å². The molecule has 2 rings (SSSR count). The molecule has 0 amide bonds. The van der Waals surface area contributed by atoms with Crippen molar-refractivity contribution in [3.63, 3.8) is 0 Å². The molecule has 0 aromatic heterocycles. The van der Waals surface area contributed by atoms with E-state index in [-0.39, 0.29) is 5.75 Å². The van der Waals surface area contributed by atoms with E-state index in [0.29, 0.717) is 0 Å². The van der Waals surface area contributed by atoms with Crippen LogP contribution in [0.25, 0.3) is 10.8 Å². The van der Waals surface area contributed by atoms with Gasteiger partial charge in [0.2, 0.25) is 0 Å². The smallest absolute Gasteiger partial charge is 0.387 e. The van der Waals surface area contributed by atoms with Crippen LogP contribution in [0.15, 0.2) is 36.4 Å². The van der Waals surface area contributed by atoms with Crippen LogP contribution in [0.3, 0.4) is 0 Å².